The molecule has 2 nitrogen and oxygen atoms in total. The molecule has 3 heteroatoms. The molecule has 2 heterocycles. The Kier molecular flexibility index (Phi) is 7.07. The molecule has 1 radical (unpaired) electrons. The minimum atomic E-state index is 0. The SMILES string of the molecule is [CH2-][C@@H](C)n1c2ccccc2c2ccccc21.[CH2-][C@@H](C)n1c2ccccc2c2ccccc21.[Y]. The number of benzene rings is 4. The topological polar surface area (TPSA) is 9.86 Å². The molecule has 0 fully saturated rings. The van der Waals surface area contributed by atoms with Gasteiger partial charge in [-0.15, -0.1) is 0 Å². The van der Waals surface area contributed by atoms with Crippen LogP contribution in [0.1, 0.15) is 25.9 Å². The molecule has 2 atom stereocenters. The van der Waals surface area contributed by atoms with E-state index in [-0.39, 0.29) is 44.8 Å². The zero-order valence-electron chi connectivity index (χ0n) is 19.3. The van der Waals surface area contributed by atoms with Crippen LogP contribution >= 0.6 is 0 Å². The van der Waals surface area contributed by atoms with Crippen molar-refractivity contribution in [3.05, 3.63) is 111 Å². The molecule has 0 spiro atoms. The van der Waals surface area contributed by atoms with Crippen LogP contribution in [-0.4, -0.2) is 9.13 Å². The molecule has 163 valence electrons. The minimum Gasteiger partial charge on any atom is -0.368 e. The summed E-state index contributed by atoms with van der Waals surface area (Å²) in [7, 11) is 0. The Bertz CT molecular complexity index is 1310. The van der Waals surface area contributed by atoms with E-state index < -0.39 is 0 Å². The fourth-order valence-corrected chi connectivity index (χ4v) is 4.86. The van der Waals surface area contributed by atoms with E-state index in [4.69, 9.17) is 0 Å². The van der Waals surface area contributed by atoms with Gasteiger partial charge < -0.3 is 23.0 Å². The van der Waals surface area contributed by atoms with Crippen LogP contribution in [0.4, 0.5) is 0 Å². The van der Waals surface area contributed by atoms with Gasteiger partial charge in [-0.25, -0.2) is 0 Å². The summed E-state index contributed by atoms with van der Waals surface area (Å²) in [5.74, 6) is 0. The summed E-state index contributed by atoms with van der Waals surface area (Å²) in [6.07, 6.45) is 0. The van der Waals surface area contributed by atoms with Gasteiger partial charge in [0.2, 0.25) is 0 Å². The van der Waals surface area contributed by atoms with Gasteiger partial charge >= 0.3 is 0 Å². The van der Waals surface area contributed by atoms with E-state index in [0.717, 1.165) is 0 Å². The number of hydrogen-bond acceptors (Lipinski definition) is 0. The quantitative estimate of drug-likeness (QED) is 0.209. The van der Waals surface area contributed by atoms with Gasteiger partial charge in [-0.05, 0) is 24.3 Å². The monoisotopic (exact) mass is 505 g/mol. The van der Waals surface area contributed by atoms with Crippen LogP contribution in [0, 0.1) is 13.8 Å². The minimum absolute atomic E-state index is 0. The van der Waals surface area contributed by atoms with E-state index >= 15 is 0 Å². The zero-order chi connectivity index (χ0) is 22.2. The Labute approximate surface area is 221 Å². The van der Waals surface area contributed by atoms with Gasteiger partial charge in [-0.2, -0.15) is 0 Å². The van der Waals surface area contributed by atoms with Crippen molar-refractivity contribution < 1.29 is 32.7 Å². The number of aromatic nitrogens is 2. The van der Waals surface area contributed by atoms with Crippen molar-refractivity contribution >= 4 is 43.6 Å². The second-order valence-corrected chi connectivity index (χ2v) is 8.51. The third kappa shape index (κ3) is 4.16. The number of rotatable bonds is 2. The smallest absolute Gasteiger partial charge is 0.0468 e. The molecule has 0 aliphatic rings. The number of para-hydroxylation sites is 4. The maximum absolute atomic E-state index is 4.14. The van der Waals surface area contributed by atoms with Crippen LogP contribution in [0.15, 0.2) is 97.1 Å². The molecule has 33 heavy (non-hydrogen) atoms. The molecule has 0 aliphatic heterocycles. The van der Waals surface area contributed by atoms with E-state index in [1.54, 1.807) is 0 Å². The Hall–Kier alpha value is -2.42. The fourth-order valence-electron chi connectivity index (χ4n) is 4.86. The third-order valence-electron chi connectivity index (χ3n) is 6.12. The molecule has 2 aromatic heterocycles. The fraction of sp³-hybridized carbons (Fsp3) is 0.133. The van der Waals surface area contributed by atoms with E-state index in [2.05, 4.69) is 134 Å². The molecule has 6 rings (SSSR count). The summed E-state index contributed by atoms with van der Waals surface area (Å²) in [5, 5.41) is 5.25. The summed E-state index contributed by atoms with van der Waals surface area (Å²) >= 11 is 0. The molecular weight excluding hydrogens is 477 g/mol. The summed E-state index contributed by atoms with van der Waals surface area (Å²) in [5.41, 5.74) is 5.08. The average Bonchev–Trinajstić information content (AvgIpc) is 3.33. The third-order valence-corrected chi connectivity index (χ3v) is 6.12. The van der Waals surface area contributed by atoms with Gasteiger partial charge in [-0.1, -0.05) is 98.7 Å². The first kappa shape index (κ1) is 23.7. The maximum atomic E-state index is 4.14. The molecule has 4 aromatic carbocycles. The molecule has 0 unspecified atom stereocenters. The molecule has 6 aromatic rings. The first-order valence-electron chi connectivity index (χ1n) is 11.2. The normalized spacial score (nSPS) is 13.0. The van der Waals surface area contributed by atoms with Gasteiger partial charge in [0.15, 0.2) is 0 Å². The van der Waals surface area contributed by atoms with Crippen LogP contribution in [0.3, 0.4) is 0 Å². The van der Waals surface area contributed by atoms with Crippen LogP contribution < -0.4 is 0 Å². The summed E-state index contributed by atoms with van der Waals surface area (Å²) in [4.78, 5) is 0. The first-order valence-corrected chi connectivity index (χ1v) is 11.2. The molecule has 0 bridgehead atoms. The standard InChI is InChI=1S/2C15H14N.Y/c2*1-11(2)16-14-9-5-3-7-12(14)13-8-4-6-10-15(13)16;/h2*3-11H,1H2,2H3;/q2*-1;/t2*11-;/m00./s1. The molecule has 0 amide bonds. The number of nitrogens with zero attached hydrogens (tertiary/aromatic N) is 2. The average molecular weight is 505 g/mol. The van der Waals surface area contributed by atoms with Gasteiger partial charge in [0.1, 0.15) is 0 Å². The van der Waals surface area contributed by atoms with E-state index in [0.29, 0.717) is 0 Å². The second-order valence-electron chi connectivity index (χ2n) is 8.51. The second kappa shape index (κ2) is 9.83. The van der Waals surface area contributed by atoms with Crippen LogP contribution in [0.25, 0.3) is 43.6 Å². The van der Waals surface area contributed by atoms with Gasteiger partial charge in [0.25, 0.3) is 0 Å². The largest absolute Gasteiger partial charge is 0.368 e. The van der Waals surface area contributed by atoms with E-state index in [1.165, 1.54) is 43.6 Å². The zero-order valence-corrected chi connectivity index (χ0v) is 22.1. The number of hydrogen-bond donors (Lipinski definition) is 0. The predicted octanol–water partition coefficient (Wildman–Crippen LogP) is 8.38. The summed E-state index contributed by atoms with van der Waals surface area (Å²) < 4.78 is 4.59. The number of fused-ring (bicyclic) bond motifs is 6. The molecule has 0 aliphatic carbocycles. The van der Waals surface area contributed by atoms with Crippen molar-refractivity contribution in [3.8, 4) is 0 Å². The summed E-state index contributed by atoms with van der Waals surface area (Å²) in [6, 6.07) is 34.5. The maximum Gasteiger partial charge on any atom is 0.0468 e. The van der Waals surface area contributed by atoms with Crippen molar-refractivity contribution in [3.63, 3.8) is 0 Å². The Morgan fingerprint density at radius 2 is 0.667 bits per heavy atom. The Morgan fingerprint density at radius 3 is 0.879 bits per heavy atom. The van der Waals surface area contributed by atoms with Crippen molar-refractivity contribution in [2.45, 2.75) is 25.9 Å². The van der Waals surface area contributed by atoms with Gasteiger partial charge in [0.05, 0.1) is 0 Å². The molecule has 0 N–H and O–H groups in total. The van der Waals surface area contributed by atoms with Crippen LogP contribution in [-0.2, 0) is 32.7 Å². The van der Waals surface area contributed by atoms with Gasteiger partial charge in [0, 0.05) is 76.3 Å². The Morgan fingerprint density at radius 1 is 0.455 bits per heavy atom. The van der Waals surface area contributed by atoms with Crippen molar-refractivity contribution in [1.82, 2.24) is 9.13 Å². The van der Waals surface area contributed by atoms with Crippen LogP contribution in [0.2, 0.25) is 0 Å². The summed E-state index contributed by atoms with van der Waals surface area (Å²) in [6.45, 7) is 12.5. The first-order chi connectivity index (χ1) is 15.6. The van der Waals surface area contributed by atoms with Crippen LogP contribution in [0.5, 0.6) is 0 Å². The van der Waals surface area contributed by atoms with Crippen molar-refractivity contribution in [2.24, 2.45) is 0 Å². The molecule has 0 saturated carbocycles. The predicted molar refractivity (Wildman–Crippen MR) is 139 cm³/mol. The van der Waals surface area contributed by atoms with E-state index in [1.807, 2.05) is 0 Å². The molecular formula is C30H28N2Y-2. The van der Waals surface area contributed by atoms with Gasteiger partial charge in [-0.3, -0.25) is 0 Å². The molecule has 0 saturated heterocycles. The Balaban J connectivity index is 0.000000152. The van der Waals surface area contributed by atoms with Crippen molar-refractivity contribution in [2.75, 3.05) is 0 Å². The van der Waals surface area contributed by atoms with E-state index in [9.17, 15) is 0 Å². The van der Waals surface area contributed by atoms with Crippen molar-refractivity contribution in [1.29, 1.82) is 0 Å².